The summed E-state index contributed by atoms with van der Waals surface area (Å²) < 4.78 is 5.06. The van der Waals surface area contributed by atoms with Gasteiger partial charge in [0.25, 0.3) is 0 Å². The first kappa shape index (κ1) is 16.4. The Hall–Kier alpha value is -0.650. The van der Waals surface area contributed by atoms with Crippen LogP contribution in [0.15, 0.2) is 0 Å². The standard InChI is InChI=1S/C12H27N3O2/c1-5-10(2)15(3)7-6-14-12(16)8-11(9-13)17-4/h10-11H,5-9,13H2,1-4H3,(H,14,16). The van der Waals surface area contributed by atoms with Crippen molar-refractivity contribution in [3.8, 4) is 0 Å². The van der Waals surface area contributed by atoms with E-state index in [1.165, 1.54) is 0 Å². The first-order valence-corrected chi connectivity index (χ1v) is 6.24. The van der Waals surface area contributed by atoms with Crippen molar-refractivity contribution in [3.05, 3.63) is 0 Å². The molecule has 0 aromatic heterocycles. The van der Waals surface area contributed by atoms with Gasteiger partial charge in [-0.15, -0.1) is 0 Å². The van der Waals surface area contributed by atoms with Crippen LogP contribution in [0.2, 0.25) is 0 Å². The Morgan fingerprint density at radius 3 is 2.65 bits per heavy atom. The third-order valence-electron chi connectivity index (χ3n) is 3.14. The van der Waals surface area contributed by atoms with E-state index in [2.05, 4.69) is 31.1 Å². The Morgan fingerprint density at radius 1 is 1.53 bits per heavy atom. The van der Waals surface area contributed by atoms with Crippen molar-refractivity contribution < 1.29 is 9.53 Å². The van der Waals surface area contributed by atoms with Crippen LogP contribution in [0, 0.1) is 0 Å². The number of hydrogen-bond acceptors (Lipinski definition) is 4. The molecule has 2 atom stereocenters. The van der Waals surface area contributed by atoms with E-state index in [4.69, 9.17) is 10.5 Å². The van der Waals surface area contributed by atoms with E-state index in [0.29, 0.717) is 25.6 Å². The van der Waals surface area contributed by atoms with Crippen LogP contribution in [0.4, 0.5) is 0 Å². The number of amides is 1. The van der Waals surface area contributed by atoms with Crippen molar-refractivity contribution in [2.75, 3.05) is 33.8 Å². The molecule has 0 bridgehead atoms. The minimum absolute atomic E-state index is 0.000137. The molecule has 0 aromatic carbocycles. The van der Waals surface area contributed by atoms with Gasteiger partial charge in [0.15, 0.2) is 0 Å². The molecule has 1 amide bonds. The van der Waals surface area contributed by atoms with Crippen LogP contribution in [0.3, 0.4) is 0 Å². The zero-order chi connectivity index (χ0) is 13.3. The van der Waals surface area contributed by atoms with Gasteiger partial charge in [-0.05, 0) is 20.4 Å². The monoisotopic (exact) mass is 245 g/mol. The number of nitrogens with zero attached hydrogens (tertiary/aromatic N) is 1. The van der Waals surface area contributed by atoms with Gasteiger partial charge in [-0.1, -0.05) is 6.92 Å². The lowest BCUT2D eigenvalue weighted by Crippen LogP contribution is -2.38. The second kappa shape index (κ2) is 9.39. The molecule has 3 N–H and O–H groups in total. The van der Waals surface area contributed by atoms with Crippen molar-refractivity contribution in [1.82, 2.24) is 10.2 Å². The van der Waals surface area contributed by atoms with Crippen LogP contribution in [-0.4, -0.2) is 56.7 Å². The lowest BCUT2D eigenvalue weighted by Gasteiger charge is -2.23. The molecule has 0 rings (SSSR count). The summed E-state index contributed by atoms with van der Waals surface area (Å²) in [6.07, 6.45) is 1.27. The van der Waals surface area contributed by atoms with Crippen molar-refractivity contribution in [2.24, 2.45) is 5.73 Å². The van der Waals surface area contributed by atoms with Gasteiger partial charge in [-0.2, -0.15) is 0 Å². The number of nitrogens with one attached hydrogen (secondary N) is 1. The van der Waals surface area contributed by atoms with Gasteiger partial charge < -0.3 is 20.7 Å². The number of methoxy groups -OCH3 is 1. The second-order valence-electron chi connectivity index (χ2n) is 4.39. The summed E-state index contributed by atoms with van der Waals surface area (Å²) in [5, 5.41) is 2.88. The van der Waals surface area contributed by atoms with Crippen molar-refractivity contribution in [3.63, 3.8) is 0 Å². The highest BCUT2D eigenvalue weighted by atomic mass is 16.5. The molecule has 5 nitrogen and oxygen atoms in total. The van der Waals surface area contributed by atoms with Crippen LogP contribution < -0.4 is 11.1 Å². The summed E-state index contributed by atoms with van der Waals surface area (Å²) in [5.41, 5.74) is 5.45. The molecule has 0 aromatic rings. The second-order valence-corrected chi connectivity index (χ2v) is 4.39. The Labute approximate surface area is 105 Å². The maximum Gasteiger partial charge on any atom is 0.222 e. The first-order valence-electron chi connectivity index (χ1n) is 6.24. The Balaban J connectivity index is 3.70. The quantitative estimate of drug-likeness (QED) is 0.609. The number of likely N-dealkylation sites (N-methyl/N-ethyl adjacent to an activating group) is 1. The lowest BCUT2D eigenvalue weighted by atomic mass is 10.2. The van der Waals surface area contributed by atoms with Gasteiger partial charge in [-0.25, -0.2) is 0 Å². The molecule has 5 heteroatoms. The fourth-order valence-electron chi connectivity index (χ4n) is 1.45. The average molecular weight is 245 g/mol. The molecule has 0 fully saturated rings. The highest BCUT2D eigenvalue weighted by Gasteiger charge is 2.11. The molecule has 0 aliphatic heterocycles. The summed E-state index contributed by atoms with van der Waals surface area (Å²) >= 11 is 0. The molecule has 2 unspecified atom stereocenters. The minimum atomic E-state index is -0.178. The maximum absolute atomic E-state index is 11.5. The van der Waals surface area contributed by atoms with Crippen molar-refractivity contribution in [1.29, 1.82) is 0 Å². The van der Waals surface area contributed by atoms with E-state index >= 15 is 0 Å². The third kappa shape index (κ3) is 7.31. The molecule has 0 aliphatic rings. The van der Waals surface area contributed by atoms with Gasteiger partial charge in [-0.3, -0.25) is 4.79 Å². The predicted molar refractivity (Wildman–Crippen MR) is 69.9 cm³/mol. The zero-order valence-corrected chi connectivity index (χ0v) is 11.5. The molecule has 17 heavy (non-hydrogen) atoms. The largest absolute Gasteiger partial charge is 0.380 e. The summed E-state index contributed by atoms with van der Waals surface area (Å²) in [6, 6.07) is 0.544. The smallest absolute Gasteiger partial charge is 0.222 e. The fourth-order valence-corrected chi connectivity index (χ4v) is 1.45. The molecule has 0 saturated heterocycles. The SMILES string of the molecule is CCC(C)N(C)CCNC(=O)CC(CN)OC. The van der Waals surface area contributed by atoms with Gasteiger partial charge in [0.05, 0.1) is 12.5 Å². The van der Waals surface area contributed by atoms with E-state index in [0.717, 1.165) is 13.0 Å². The number of carbonyl (C=O) groups excluding carboxylic acids is 1. The molecule has 0 heterocycles. The van der Waals surface area contributed by atoms with Crippen molar-refractivity contribution in [2.45, 2.75) is 38.8 Å². The lowest BCUT2D eigenvalue weighted by molar-refractivity contribution is -0.123. The zero-order valence-electron chi connectivity index (χ0n) is 11.5. The summed E-state index contributed by atoms with van der Waals surface area (Å²) in [5.74, 6) is -0.000137. The first-order chi connectivity index (χ1) is 8.04. The summed E-state index contributed by atoms with van der Waals surface area (Å²) in [4.78, 5) is 13.8. The van der Waals surface area contributed by atoms with Crippen LogP contribution in [-0.2, 0) is 9.53 Å². The average Bonchev–Trinajstić information content (AvgIpc) is 2.34. The van der Waals surface area contributed by atoms with E-state index in [-0.39, 0.29) is 12.0 Å². The number of rotatable bonds is 9. The minimum Gasteiger partial charge on any atom is -0.380 e. The van der Waals surface area contributed by atoms with E-state index in [1.54, 1.807) is 7.11 Å². The Kier molecular flexibility index (Phi) is 9.03. The van der Waals surface area contributed by atoms with Crippen molar-refractivity contribution >= 4 is 5.91 Å². The number of ether oxygens (including phenoxy) is 1. The van der Waals surface area contributed by atoms with Crippen LogP contribution in [0.5, 0.6) is 0 Å². The van der Waals surface area contributed by atoms with E-state index in [1.807, 2.05) is 0 Å². The van der Waals surface area contributed by atoms with Gasteiger partial charge in [0, 0.05) is 32.8 Å². The molecule has 0 radical (unpaired) electrons. The van der Waals surface area contributed by atoms with Gasteiger partial charge >= 0.3 is 0 Å². The highest BCUT2D eigenvalue weighted by Crippen LogP contribution is 1.98. The summed E-state index contributed by atoms with van der Waals surface area (Å²) in [7, 11) is 3.64. The predicted octanol–water partition coefficient (Wildman–Crippen LogP) is 0.197. The van der Waals surface area contributed by atoms with Gasteiger partial charge in [0.2, 0.25) is 5.91 Å². The third-order valence-corrected chi connectivity index (χ3v) is 3.14. The van der Waals surface area contributed by atoms with Gasteiger partial charge in [0.1, 0.15) is 0 Å². The number of hydrogen-bond donors (Lipinski definition) is 2. The fraction of sp³-hybridized carbons (Fsp3) is 0.917. The molecular weight excluding hydrogens is 218 g/mol. The number of nitrogens with two attached hydrogens (primary N) is 1. The molecule has 0 aliphatic carbocycles. The van der Waals surface area contributed by atoms with Crippen LogP contribution in [0.25, 0.3) is 0 Å². The van der Waals surface area contributed by atoms with E-state index in [9.17, 15) is 4.79 Å². The Bertz CT molecular complexity index is 208. The molecular formula is C12H27N3O2. The maximum atomic E-state index is 11.5. The number of carbonyl (C=O) groups is 1. The van der Waals surface area contributed by atoms with Crippen LogP contribution >= 0.6 is 0 Å². The topological polar surface area (TPSA) is 67.6 Å². The molecule has 0 spiro atoms. The summed E-state index contributed by atoms with van der Waals surface area (Å²) in [6.45, 7) is 6.24. The highest BCUT2D eigenvalue weighted by molar-refractivity contribution is 5.76. The van der Waals surface area contributed by atoms with E-state index < -0.39 is 0 Å². The van der Waals surface area contributed by atoms with Crippen LogP contribution in [0.1, 0.15) is 26.7 Å². The molecule has 0 saturated carbocycles. The Morgan fingerprint density at radius 2 is 2.18 bits per heavy atom. The molecule has 102 valence electrons. The normalized spacial score (nSPS) is 14.7.